The molecule has 1 aliphatic rings. The predicted molar refractivity (Wildman–Crippen MR) is 63.6 cm³/mol. The second kappa shape index (κ2) is 6.85. The van der Waals surface area contributed by atoms with E-state index in [0.29, 0.717) is 0 Å². The molecule has 1 saturated heterocycles. The summed E-state index contributed by atoms with van der Waals surface area (Å²) in [4.78, 5) is 12.3. The lowest BCUT2D eigenvalue weighted by atomic mass is 10.1. The second-order valence-corrected chi connectivity index (χ2v) is 4.13. The summed E-state index contributed by atoms with van der Waals surface area (Å²) in [5.41, 5.74) is 0. The van der Waals surface area contributed by atoms with E-state index in [1.807, 2.05) is 19.0 Å². The van der Waals surface area contributed by atoms with E-state index in [0.717, 1.165) is 25.9 Å². The minimum atomic E-state index is -0.305. The Hall–Kier alpha value is -1.63. The Bertz CT molecular complexity index is 330. The molecule has 1 aliphatic heterocycles. The topological polar surface area (TPSA) is 56.2 Å². The molecule has 1 rings (SSSR count). The van der Waals surface area contributed by atoms with Crippen LogP contribution in [0.5, 0.6) is 0 Å². The first-order chi connectivity index (χ1) is 8.19. The molecule has 0 spiro atoms. The smallest absolute Gasteiger partial charge is 0.348 e. The minimum absolute atomic E-state index is 0.270. The van der Waals surface area contributed by atoms with Crippen molar-refractivity contribution in [2.75, 3.05) is 27.2 Å². The van der Waals surface area contributed by atoms with Gasteiger partial charge in [-0.05, 0) is 26.9 Å². The van der Waals surface area contributed by atoms with E-state index in [1.165, 1.54) is 6.42 Å². The van der Waals surface area contributed by atoms with Gasteiger partial charge in [-0.15, -0.1) is 0 Å². The molecule has 0 saturated carbocycles. The van der Waals surface area contributed by atoms with Gasteiger partial charge in [0.25, 0.3) is 6.35 Å². The number of oxime groups is 1. The molecule has 0 bridgehead atoms. The van der Waals surface area contributed by atoms with Gasteiger partial charge in [0.1, 0.15) is 6.07 Å². The molecule has 6 heteroatoms. The first-order valence-electron chi connectivity index (χ1n) is 5.61. The zero-order valence-electron chi connectivity index (χ0n) is 10.3. The molecule has 0 aliphatic carbocycles. The fraction of sp³-hybridized carbons (Fsp3) is 0.727. The average molecular weight is 235 g/mol. The Morgan fingerprint density at radius 3 is 2.59 bits per heavy atom. The summed E-state index contributed by atoms with van der Waals surface area (Å²) < 4.78 is 0. The van der Waals surface area contributed by atoms with Crippen molar-refractivity contribution in [2.45, 2.75) is 25.6 Å². The van der Waals surface area contributed by atoms with Crippen molar-refractivity contribution >= 4 is 5.84 Å². The Morgan fingerprint density at radius 1 is 1.47 bits per heavy atom. The van der Waals surface area contributed by atoms with Crippen molar-refractivity contribution in [3.63, 3.8) is 0 Å². The predicted octanol–water partition coefficient (Wildman–Crippen LogP) is 1.09. The number of nitriles is 1. The van der Waals surface area contributed by atoms with Crippen LogP contribution in [0.1, 0.15) is 19.3 Å². The third kappa shape index (κ3) is 4.03. The first kappa shape index (κ1) is 13.4. The van der Waals surface area contributed by atoms with Gasteiger partial charge in [0.05, 0.1) is 5.16 Å². The fourth-order valence-corrected chi connectivity index (χ4v) is 1.79. The highest BCUT2D eigenvalue weighted by Crippen LogP contribution is 2.14. The molecule has 0 N–H and O–H groups in total. The summed E-state index contributed by atoms with van der Waals surface area (Å²) >= 11 is 0. The van der Waals surface area contributed by atoms with E-state index < -0.39 is 0 Å². The number of hydrogen-bond acceptors (Lipinski definition) is 5. The van der Waals surface area contributed by atoms with Crippen molar-refractivity contribution < 1.29 is 4.84 Å². The maximum absolute atomic E-state index is 8.59. The van der Waals surface area contributed by atoms with Gasteiger partial charge in [-0.25, -0.2) is 5.26 Å². The van der Waals surface area contributed by atoms with Crippen molar-refractivity contribution in [3.8, 4) is 6.07 Å². The molecule has 1 fully saturated rings. The zero-order chi connectivity index (χ0) is 12.7. The van der Waals surface area contributed by atoms with Gasteiger partial charge >= 0.3 is 5.84 Å². The van der Waals surface area contributed by atoms with E-state index in [-0.39, 0.29) is 12.2 Å². The van der Waals surface area contributed by atoms with Crippen LogP contribution in [0.15, 0.2) is 5.16 Å². The average Bonchev–Trinajstić information content (AvgIpc) is 2.35. The zero-order valence-corrected chi connectivity index (χ0v) is 10.3. The molecule has 6 nitrogen and oxygen atoms in total. The normalized spacial score (nSPS) is 19.5. The van der Waals surface area contributed by atoms with Crippen LogP contribution < -0.4 is 0 Å². The highest BCUT2D eigenvalue weighted by Gasteiger charge is 2.25. The third-order valence-corrected chi connectivity index (χ3v) is 2.58. The lowest BCUT2D eigenvalue weighted by Crippen LogP contribution is -2.48. The molecule has 1 atom stereocenters. The standard InChI is InChI=1S/C11H17N5O/c1-13-10(9-12)14-17-11(15(2)3)16-7-5-4-6-8-16/h11H,4-8H2,2-3H3/b14-10+. The number of rotatable bonds is 4. The summed E-state index contributed by atoms with van der Waals surface area (Å²) in [6.07, 6.45) is 3.22. The number of piperidine rings is 1. The number of likely N-dealkylation sites (tertiary alicyclic amines) is 1. The van der Waals surface area contributed by atoms with Crippen LogP contribution in [0.3, 0.4) is 0 Å². The molecule has 17 heavy (non-hydrogen) atoms. The lowest BCUT2D eigenvalue weighted by Gasteiger charge is -2.34. The van der Waals surface area contributed by atoms with Crippen LogP contribution in [-0.2, 0) is 4.84 Å². The van der Waals surface area contributed by atoms with Crippen LogP contribution in [0, 0.1) is 17.9 Å². The lowest BCUT2D eigenvalue weighted by molar-refractivity contribution is -0.141. The maximum atomic E-state index is 8.59. The monoisotopic (exact) mass is 235 g/mol. The third-order valence-electron chi connectivity index (χ3n) is 2.58. The Morgan fingerprint density at radius 2 is 2.12 bits per heavy atom. The highest BCUT2D eigenvalue weighted by molar-refractivity contribution is 6.03. The molecule has 92 valence electrons. The molecule has 0 aromatic heterocycles. The molecule has 1 heterocycles. The SMILES string of the molecule is [C-]#[N+]/C(C#N)=N/OC(N(C)C)N1CCCCC1. The minimum Gasteiger partial charge on any atom is -0.348 e. The molecule has 1 unspecified atom stereocenters. The quantitative estimate of drug-likeness (QED) is 0.241. The van der Waals surface area contributed by atoms with Gasteiger partial charge in [0.15, 0.2) is 0 Å². The number of amidine groups is 1. The van der Waals surface area contributed by atoms with E-state index >= 15 is 0 Å². The largest absolute Gasteiger partial charge is 0.392 e. The van der Waals surface area contributed by atoms with Crippen LogP contribution in [0.2, 0.25) is 0 Å². The molecule has 0 aromatic carbocycles. The van der Waals surface area contributed by atoms with Gasteiger partial charge in [-0.3, -0.25) is 14.6 Å². The molecular weight excluding hydrogens is 218 g/mol. The van der Waals surface area contributed by atoms with Gasteiger partial charge in [0.2, 0.25) is 0 Å². The van der Waals surface area contributed by atoms with Gasteiger partial charge in [-0.2, -0.15) is 0 Å². The van der Waals surface area contributed by atoms with Crippen LogP contribution in [0.25, 0.3) is 4.85 Å². The highest BCUT2D eigenvalue weighted by atomic mass is 16.7. The van der Waals surface area contributed by atoms with Crippen LogP contribution in [-0.4, -0.2) is 49.2 Å². The fourth-order valence-electron chi connectivity index (χ4n) is 1.79. The van der Waals surface area contributed by atoms with E-state index in [1.54, 1.807) is 6.07 Å². The Labute approximate surface area is 102 Å². The van der Waals surface area contributed by atoms with E-state index in [4.69, 9.17) is 16.7 Å². The van der Waals surface area contributed by atoms with E-state index in [9.17, 15) is 0 Å². The Balaban J connectivity index is 2.64. The first-order valence-corrected chi connectivity index (χ1v) is 5.61. The van der Waals surface area contributed by atoms with Gasteiger partial charge < -0.3 is 4.85 Å². The number of nitrogens with zero attached hydrogens (tertiary/aromatic N) is 5. The molecule has 0 aromatic rings. The second-order valence-electron chi connectivity index (χ2n) is 4.13. The molecule has 0 amide bonds. The van der Waals surface area contributed by atoms with Crippen LogP contribution >= 0.6 is 0 Å². The van der Waals surface area contributed by atoms with Crippen molar-refractivity contribution in [1.29, 1.82) is 5.26 Å². The van der Waals surface area contributed by atoms with Gasteiger partial charge in [-0.1, -0.05) is 13.0 Å². The van der Waals surface area contributed by atoms with Crippen molar-refractivity contribution in [2.24, 2.45) is 5.16 Å². The number of hydrogen-bond donors (Lipinski definition) is 0. The summed E-state index contributed by atoms with van der Waals surface area (Å²) in [6, 6.07) is 1.68. The summed E-state index contributed by atoms with van der Waals surface area (Å²) in [5, 5.41) is 12.2. The maximum Gasteiger partial charge on any atom is 0.392 e. The van der Waals surface area contributed by atoms with Gasteiger partial charge in [0, 0.05) is 13.1 Å². The molecule has 0 radical (unpaired) electrons. The van der Waals surface area contributed by atoms with E-state index in [2.05, 4.69) is 14.9 Å². The van der Waals surface area contributed by atoms with Crippen LogP contribution in [0.4, 0.5) is 0 Å². The molecular formula is C11H17N5O. The Kier molecular flexibility index (Phi) is 5.41. The summed E-state index contributed by atoms with van der Waals surface area (Å²) in [5.74, 6) is -0.270. The summed E-state index contributed by atoms with van der Waals surface area (Å²) in [7, 11) is 3.78. The summed E-state index contributed by atoms with van der Waals surface area (Å²) in [6.45, 7) is 8.63. The van der Waals surface area contributed by atoms with Crippen molar-refractivity contribution in [1.82, 2.24) is 9.80 Å². The van der Waals surface area contributed by atoms with Crippen molar-refractivity contribution in [3.05, 3.63) is 11.4 Å².